The van der Waals surface area contributed by atoms with Crippen LogP contribution >= 0.6 is 0 Å². The van der Waals surface area contributed by atoms with Gasteiger partial charge in [0.1, 0.15) is 29.0 Å². The van der Waals surface area contributed by atoms with E-state index in [-0.39, 0.29) is 12.8 Å². The molecule has 0 aliphatic rings. The van der Waals surface area contributed by atoms with Crippen LogP contribution in [0.2, 0.25) is 0 Å². The van der Waals surface area contributed by atoms with Gasteiger partial charge in [-0.2, -0.15) is 0 Å². The summed E-state index contributed by atoms with van der Waals surface area (Å²) >= 11 is 0. The molecule has 0 aliphatic carbocycles. The van der Waals surface area contributed by atoms with E-state index in [4.69, 9.17) is 13.9 Å². The molecule has 2 atom stereocenters. The highest BCUT2D eigenvalue weighted by atomic mass is 16.4. The van der Waals surface area contributed by atoms with Crippen molar-refractivity contribution >= 4 is 39.7 Å². The van der Waals surface area contributed by atoms with Gasteiger partial charge < -0.3 is 24.6 Å². The molecule has 2 aromatic heterocycles. The number of rotatable bonds is 7. The highest BCUT2D eigenvalue weighted by Crippen LogP contribution is 2.31. The number of carbonyl (C=O) groups excluding carboxylic acids is 2. The summed E-state index contributed by atoms with van der Waals surface area (Å²) in [7, 11) is 0. The molecule has 0 bridgehead atoms. The van der Waals surface area contributed by atoms with Gasteiger partial charge in [0.2, 0.25) is 11.8 Å². The molecule has 2 amide bonds. The molecule has 9 heteroatoms. The summed E-state index contributed by atoms with van der Waals surface area (Å²) in [6, 6.07) is 1.64. The van der Waals surface area contributed by atoms with Gasteiger partial charge in [-0.1, -0.05) is 0 Å². The van der Waals surface area contributed by atoms with Crippen molar-refractivity contribution in [2.24, 2.45) is 0 Å². The highest BCUT2D eigenvalue weighted by Gasteiger charge is 2.21. The summed E-state index contributed by atoms with van der Waals surface area (Å²) in [6.45, 7) is 8.43. The van der Waals surface area contributed by atoms with Crippen LogP contribution in [0.25, 0.3) is 21.9 Å². The third kappa shape index (κ3) is 4.51. The van der Waals surface area contributed by atoms with E-state index in [9.17, 15) is 19.2 Å². The van der Waals surface area contributed by atoms with E-state index < -0.39 is 35.5 Å². The van der Waals surface area contributed by atoms with E-state index in [2.05, 4.69) is 10.6 Å². The Kier molecular flexibility index (Phi) is 6.38. The van der Waals surface area contributed by atoms with Crippen LogP contribution in [0.3, 0.4) is 0 Å². The van der Waals surface area contributed by atoms with Crippen molar-refractivity contribution in [3.05, 3.63) is 45.0 Å². The van der Waals surface area contributed by atoms with Crippen molar-refractivity contribution in [1.82, 2.24) is 10.6 Å². The van der Waals surface area contributed by atoms with E-state index in [1.807, 2.05) is 26.8 Å². The Labute approximate surface area is 183 Å². The van der Waals surface area contributed by atoms with Gasteiger partial charge in [-0.3, -0.25) is 14.4 Å². The monoisotopic (exact) mass is 442 g/mol. The second-order valence-electron chi connectivity index (χ2n) is 7.98. The number of carboxylic acid groups (broad SMARTS) is 1. The van der Waals surface area contributed by atoms with Gasteiger partial charge in [0, 0.05) is 28.8 Å². The van der Waals surface area contributed by atoms with Gasteiger partial charge in [0.25, 0.3) is 0 Å². The highest BCUT2D eigenvalue weighted by molar-refractivity contribution is 5.97. The minimum atomic E-state index is -1.17. The molecule has 1 aromatic carbocycles. The van der Waals surface area contributed by atoms with E-state index in [0.717, 1.165) is 27.7 Å². The van der Waals surface area contributed by atoms with Crippen molar-refractivity contribution in [1.29, 1.82) is 0 Å². The minimum Gasteiger partial charge on any atom is -0.480 e. The molecule has 0 spiro atoms. The smallest absolute Gasteiger partial charge is 0.339 e. The number of fused-ring (bicyclic) bond motifs is 2. The molecule has 0 radical (unpaired) electrons. The molecule has 2 unspecified atom stereocenters. The number of carbonyl (C=O) groups is 3. The van der Waals surface area contributed by atoms with Crippen LogP contribution < -0.4 is 16.3 Å². The first kappa shape index (κ1) is 23.1. The molecule has 170 valence electrons. The average molecular weight is 442 g/mol. The summed E-state index contributed by atoms with van der Waals surface area (Å²) < 4.78 is 11.2. The van der Waals surface area contributed by atoms with E-state index in [0.29, 0.717) is 16.7 Å². The Morgan fingerprint density at radius 2 is 1.56 bits per heavy atom. The van der Waals surface area contributed by atoms with Crippen molar-refractivity contribution in [2.45, 2.75) is 59.5 Å². The van der Waals surface area contributed by atoms with Crippen LogP contribution in [-0.4, -0.2) is 35.0 Å². The van der Waals surface area contributed by atoms with Crippen molar-refractivity contribution in [2.75, 3.05) is 0 Å². The number of benzene rings is 1. The number of carboxylic acids is 1. The molecule has 0 aliphatic heterocycles. The lowest BCUT2D eigenvalue weighted by Crippen LogP contribution is -2.49. The van der Waals surface area contributed by atoms with E-state index in [1.54, 1.807) is 6.07 Å². The summed E-state index contributed by atoms with van der Waals surface area (Å²) in [5.74, 6) is -1.42. The van der Waals surface area contributed by atoms with Crippen LogP contribution in [0, 0.1) is 20.8 Å². The number of nitrogens with one attached hydrogen (secondary N) is 2. The third-order valence-electron chi connectivity index (χ3n) is 5.68. The van der Waals surface area contributed by atoms with Crippen LogP contribution in [0.4, 0.5) is 0 Å². The second kappa shape index (κ2) is 8.86. The Morgan fingerprint density at radius 1 is 0.938 bits per heavy atom. The van der Waals surface area contributed by atoms with Gasteiger partial charge in [-0.15, -0.1) is 0 Å². The Hall–Kier alpha value is -3.62. The molecular formula is C23H26N2O7. The summed E-state index contributed by atoms with van der Waals surface area (Å²) in [6.07, 6.45) is 0.104. The lowest BCUT2D eigenvalue weighted by molar-refractivity contribution is -0.141. The maximum atomic E-state index is 12.5. The molecule has 0 saturated heterocycles. The standard InChI is InChI=1S/C23H26N2O7/c1-10-14(5)31-18-9-19-17(8-16(10)18)11(2)15(23(30)32-19)6-7-20(26)24-12(3)21(27)25-13(4)22(28)29/h8-9,12-13H,6-7H2,1-5H3,(H,24,26)(H,25,27)(H,28,29). The summed E-state index contributed by atoms with van der Waals surface area (Å²) in [4.78, 5) is 47.7. The van der Waals surface area contributed by atoms with Gasteiger partial charge in [0.15, 0.2) is 0 Å². The topological polar surface area (TPSA) is 139 Å². The summed E-state index contributed by atoms with van der Waals surface area (Å²) in [5.41, 5.74) is 2.67. The van der Waals surface area contributed by atoms with Gasteiger partial charge in [-0.25, -0.2) is 4.79 Å². The molecule has 0 fully saturated rings. The fraction of sp³-hybridized carbons (Fsp3) is 0.391. The molecule has 9 nitrogen and oxygen atoms in total. The van der Waals surface area contributed by atoms with Crippen molar-refractivity contribution in [3.8, 4) is 0 Å². The van der Waals surface area contributed by atoms with Gasteiger partial charge in [-0.05, 0) is 58.2 Å². The zero-order chi connectivity index (χ0) is 23.7. The number of hydrogen-bond acceptors (Lipinski definition) is 6. The molecular weight excluding hydrogens is 416 g/mol. The zero-order valence-corrected chi connectivity index (χ0v) is 18.6. The number of hydrogen-bond donors (Lipinski definition) is 3. The lowest BCUT2D eigenvalue weighted by atomic mass is 10.0. The van der Waals surface area contributed by atoms with Crippen molar-refractivity contribution < 1.29 is 28.3 Å². The predicted octanol–water partition coefficient (Wildman–Crippen LogP) is 2.49. The quantitative estimate of drug-likeness (QED) is 0.478. The van der Waals surface area contributed by atoms with E-state index in [1.165, 1.54) is 13.8 Å². The molecule has 0 saturated carbocycles. The second-order valence-corrected chi connectivity index (χ2v) is 7.98. The van der Waals surface area contributed by atoms with Crippen LogP contribution in [0.5, 0.6) is 0 Å². The van der Waals surface area contributed by atoms with Crippen LogP contribution in [-0.2, 0) is 20.8 Å². The number of furan rings is 1. The average Bonchev–Trinajstić information content (AvgIpc) is 2.99. The minimum absolute atomic E-state index is 0.0324. The maximum absolute atomic E-state index is 12.5. The van der Waals surface area contributed by atoms with Gasteiger partial charge in [0.05, 0.1) is 0 Å². The third-order valence-corrected chi connectivity index (χ3v) is 5.68. The zero-order valence-electron chi connectivity index (χ0n) is 18.6. The van der Waals surface area contributed by atoms with E-state index >= 15 is 0 Å². The molecule has 3 N–H and O–H groups in total. The first-order chi connectivity index (χ1) is 15.0. The molecule has 2 heterocycles. The molecule has 3 aromatic rings. The Balaban J connectivity index is 1.75. The van der Waals surface area contributed by atoms with Crippen LogP contribution in [0.15, 0.2) is 25.8 Å². The number of aryl methyl sites for hydroxylation is 3. The fourth-order valence-electron chi connectivity index (χ4n) is 3.53. The first-order valence-electron chi connectivity index (χ1n) is 10.3. The fourth-order valence-corrected chi connectivity index (χ4v) is 3.53. The van der Waals surface area contributed by atoms with Crippen LogP contribution in [0.1, 0.15) is 42.7 Å². The lowest BCUT2D eigenvalue weighted by Gasteiger charge is -2.16. The largest absolute Gasteiger partial charge is 0.480 e. The SMILES string of the molecule is Cc1oc2cc3oc(=O)c(CCC(=O)NC(C)C(=O)NC(C)C(=O)O)c(C)c3cc2c1C. The van der Waals surface area contributed by atoms with Crippen molar-refractivity contribution in [3.63, 3.8) is 0 Å². The predicted molar refractivity (Wildman–Crippen MR) is 118 cm³/mol. The number of amides is 2. The Morgan fingerprint density at radius 3 is 2.22 bits per heavy atom. The maximum Gasteiger partial charge on any atom is 0.339 e. The molecule has 32 heavy (non-hydrogen) atoms. The normalized spacial score (nSPS) is 13.2. The van der Waals surface area contributed by atoms with Gasteiger partial charge >= 0.3 is 11.6 Å². The molecule has 3 rings (SSSR count). The number of aliphatic carboxylic acids is 1. The first-order valence-corrected chi connectivity index (χ1v) is 10.3. The summed E-state index contributed by atoms with van der Waals surface area (Å²) in [5, 5.41) is 15.4. The Bertz CT molecular complexity index is 1290.